The van der Waals surface area contributed by atoms with Gasteiger partial charge < -0.3 is 25.0 Å². The summed E-state index contributed by atoms with van der Waals surface area (Å²) >= 11 is 0. The predicted molar refractivity (Wildman–Crippen MR) is 123 cm³/mol. The van der Waals surface area contributed by atoms with Crippen molar-refractivity contribution in [2.45, 2.75) is 25.7 Å². The minimum absolute atomic E-state index is 0.0224. The van der Waals surface area contributed by atoms with Crippen LogP contribution in [0.15, 0.2) is 48.5 Å². The number of para-hydroxylation sites is 3. The van der Waals surface area contributed by atoms with Crippen LogP contribution < -0.4 is 10.1 Å². The van der Waals surface area contributed by atoms with E-state index in [0.29, 0.717) is 12.5 Å². The summed E-state index contributed by atoms with van der Waals surface area (Å²) < 4.78 is 5.38. The smallest absolute Gasteiger partial charge is 0.317 e. The summed E-state index contributed by atoms with van der Waals surface area (Å²) in [5.74, 6) is 2.31. The highest BCUT2D eigenvalue weighted by atomic mass is 16.5. The second-order valence-corrected chi connectivity index (χ2v) is 7.76. The first-order valence-corrected chi connectivity index (χ1v) is 10.8. The average Bonchev–Trinajstić information content (AvgIpc) is 3.22. The average molecular weight is 439 g/mol. The Morgan fingerprint density at radius 2 is 2.03 bits per heavy atom. The summed E-state index contributed by atoms with van der Waals surface area (Å²) in [5, 5.41) is 9.95. The molecule has 2 amide bonds. The van der Waals surface area contributed by atoms with Crippen molar-refractivity contribution in [1.82, 2.24) is 20.2 Å². The fraction of sp³-hybridized carbons (Fsp3) is 0.375. The van der Waals surface area contributed by atoms with Gasteiger partial charge in [0.25, 0.3) is 6.47 Å². The van der Waals surface area contributed by atoms with Crippen molar-refractivity contribution in [3.05, 3.63) is 59.9 Å². The summed E-state index contributed by atoms with van der Waals surface area (Å²) in [4.78, 5) is 31.0. The zero-order chi connectivity index (χ0) is 22.8. The molecule has 2 heterocycles. The van der Waals surface area contributed by atoms with Gasteiger partial charge in [0.15, 0.2) is 0 Å². The number of carbonyl (C=O) groups is 2. The first kappa shape index (κ1) is 23.1. The number of rotatable bonds is 6. The Morgan fingerprint density at radius 1 is 1.28 bits per heavy atom. The Morgan fingerprint density at radius 3 is 2.81 bits per heavy atom. The number of hydrogen-bond acceptors (Lipinski definition) is 4. The van der Waals surface area contributed by atoms with Gasteiger partial charge in [-0.1, -0.05) is 30.3 Å². The van der Waals surface area contributed by atoms with Crippen molar-refractivity contribution in [3.63, 3.8) is 0 Å². The zero-order valence-corrected chi connectivity index (χ0v) is 18.3. The molecule has 0 saturated carbocycles. The molecule has 170 valence electrons. The van der Waals surface area contributed by atoms with Crippen LogP contribution in [0.3, 0.4) is 0 Å². The number of hydrogen-bond donors (Lipinski definition) is 3. The summed E-state index contributed by atoms with van der Waals surface area (Å²) in [7, 11) is 1.67. The molecule has 0 radical (unpaired) electrons. The minimum Gasteiger partial charge on any atom is -0.496 e. The SMILES string of the molecule is COc1ccccc1CCNC(=O)N1CCCC(Cc2nc3ccccc3[nH]2)C1.O=CO. The molecule has 2 aromatic carbocycles. The fourth-order valence-corrected chi connectivity index (χ4v) is 4.12. The van der Waals surface area contributed by atoms with E-state index in [2.05, 4.69) is 15.3 Å². The summed E-state index contributed by atoms with van der Waals surface area (Å²) in [6.07, 6.45) is 3.79. The molecule has 8 heteroatoms. The number of nitrogens with zero attached hydrogens (tertiary/aromatic N) is 2. The quantitative estimate of drug-likeness (QED) is 0.511. The monoisotopic (exact) mass is 438 g/mol. The maximum atomic E-state index is 12.6. The highest BCUT2D eigenvalue weighted by Crippen LogP contribution is 2.22. The van der Waals surface area contributed by atoms with Crippen LogP contribution in [0.25, 0.3) is 11.0 Å². The number of urea groups is 1. The summed E-state index contributed by atoms with van der Waals surface area (Å²) in [5.41, 5.74) is 3.19. The van der Waals surface area contributed by atoms with Crippen molar-refractivity contribution in [2.24, 2.45) is 5.92 Å². The van der Waals surface area contributed by atoms with E-state index in [1.54, 1.807) is 7.11 Å². The Kier molecular flexibility index (Phi) is 8.48. The van der Waals surface area contributed by atoms with Gasteiger partial charge in [0.05, 0.1) is 18.1 Å². The number of carboxylic acid groups (broad SMARTS) is 1. The maximum Gasteiger partial charge on any atom is 0.317 e. The van der Waals surface area contributed by atoms with E-state index in [-0.39, 0.29) is 12.5 Å². The molecule has 1 aromatic heterocycles. The number of aromatic nitrogens is 2. The van der Waals surface area contributed by atoms with Crippen LogP contribution in [0.4, 0.5) is 4.79 Å². The molecular formula is C24H30N4O4. The Bertz CT molecular complexity index is 987. The fourth-order valence-electron chi connectivity index (χ4n) is 4.12. The summed E-state index contributed by atoms with van der Waals surface area (Å²) in [6, 6.07) is 16.1. The molecule has 3 N–H and O–H groups in total. The van der Waals surface area contributed by atoms with Crippen molar-refractivity contribution < 1.29 is 19.4 Å². The van der Waals surface area contributed by atoms with Crippen LogP contribution in [-0.2, 0) is 17.6 Å². The van der Waals surface area contributed by atoms with Gasteiger partial charge in [-0.3, -0.25) is 4.79 Å². The van der Waals surface area contributed by atoms with Crippen LogP contribution in [0.2, 0.25) is 0 Å². The Labute approximate surface area is 187 Å². The molecular weight excluding hydrogens is 408 g/mol. The molecule has 0 aliphatic carbocycles. The van der Waals surface area contributed by atoms with Crippen molar-refractivity contribution in [3.8, 4) is 5.75 Å². The predicted octanol–water partition coefficient (Wildman–Crippen LogP) is 3.48. The van der Waals surface area contributed by atoms with Gasteiger partial charge in [0.1, 0.15) is 11.6 Å². The lowest BCUT2D eigenvalue weighted by atomic mass is 9.95. The lowest BCUT2D eigenvalue weighted by molar-refractivity contribution is -0.122. The van der Waals surface area contributed by atoms with Crippen LogP contribution >= 0.6 is 0 Å². The first-order chi connectivity index (χ1) is 15.6. The number of methoxy groups -OCH3 is 1. The van der Waals surface area contributed by atoms with Gasteiger partial charge in [-0.15, -0.1) is 0 Å². The van der Waals surface area contributed by atoms with Crippen LogP contribution in [0.5, 0.6) is 5.75 Å². The minimum atomic E-state index is -0.250. The summed E-state index contributed by atoms with van der Waals surface area (Å²) in [6.45, 7) is 1.94. The largest absolute Gasteiger partial charge is 0.496 e. The third kappa shape index (κ3) is 6.23. The molecule has 1 saturated heterocycles. The van der Waals surface area contributed by atoms with Gasteiger partial charge >= 0.3 is 6.03 Å². The molecule has 1 aliphatic rings. The number of fused-ring (bicyclic) bond motifs is 1. The van der Waals surface area contributed by atoms with Crippen molar-refractivity contribution >= 4 is 23.5 Å². The molecule has 4 rings (SSSR count). The third-order valence-electron chi connectivity index (χ3n) is 5.59. The first-order valence-electron chi connectivity index (χ1n) is 10.8. The number of H-pyrrole nitrogens is 1. The molecule has 0 spiro atoms. The van der Waals surface area contributed by atoms with Gasteiger partial charge in [-0.25, -0.2) is 9.78 Å². The molecule has 1 fully saturated rings. The number of aromatic amines is 1. The molecule has 3 aromatic rings. The van der Waals surface area contributed by atoms with E-state index in [4.69, 9.17) is 14.6 Å². The lowest BCUT2D eigenvalue weighted by Gasteiger charge is -2.32. The van der Waals surface area contributed by atoms with Gasteiger partial charge in [-0.05, 0) is 48.9 Å². The molecule has 1 aliphatic heterocycles. The second-order valence-electron chi connectivity index (χ2n) is 7.76. The molecule has 1 atom stereocenters. The molecule has 32 heavy (non-hydrogen) atoms. The zero-order valence-electron chi connectivity index (χ0n) is 18.3. The maximum absolute atomic E-state index is 12.6. The number of nitrogens with one attached hydrogen (secondary N) is 2. The highest BCUT2D eigenvalue weighted by Gasteiger charge is 2.24. The van der Waals surface area contributed by atoms with E-state index in [1.165, 1.54) is 0 Å². The standard InChI is InChI=1S/C23H28N4O2.CH2O2/c1-29-21-11-5-2-8-18(21)12-13-24-23(28)27-14-6-7-17(16-27)15-22-25-19-9-3-4-10-20(19)26-22;2-1-3/h2-5,8-11,17H,6-7,12-16H2,1H3,(H,24,28)(H,25,26);1H,(H,2,3). The molecule has 8 nitrogen and oxygen atoms in total. The van der Waals surface area contributed by atoms with Crippen molar-refractivity contribution in [1.29, 1.82) is 0 Å². The van der Waals surface area contributed by atoms with Gasteiger partial charge in [-0.2, -0.15) is 0 Å². The molecule has 0 bridgehead atoms. The lowest BCUT2D eigenvalue weighted by Crippen LogP contribution is -2.46. The van der Waals surface area contributed by atoms with Crippen LogP contribution in [-0.4, -0.2) is 59.2 Å². The van der Waals surface area contributed by atoms with Gasteiger partial charge in [0.2, 0.25) is 0 Å². The van der Waals surface area contributed by atoms with E-state index >= 15 is 0 Å². The number of ether oxygens (including phenoxy) is 1. The van der Waals surface area contributed by atoms with E-state index in [1.807, 2.05) is 53.4 Å². The number of imidazole rings is 1. The molecule has 1 unspecified atom stereocenters. The number of carbonyl (C=O) groups excluding carboxylic acids is 1. The van der Waals surface area contributed by atoms with E-state index < -0.39 is 0 Å². The number of benzene rings is 2. The van der Waals surface area contributed by atoms with E-state index in [0.717, 1.165) is 66.9 Å². The van der Waals surface area contributed by atoms with Crippen molar-refractivity contribution in [2.75, 3.05) is 26.7 Å². The number of likely N-dealkylation sites (tertiary alicyclic amines) is 1. The normalized spacial score (nSPS) is 15.5. The number of amides is 2. The Hall–Kier alpha value is -3.55. The van der Waals surface area contributed by atoms with E-state index in [9.17, 15) is 4.79 Å². The highest BCUT2D eigenvalue weighted by molar-refractivity contribution is 5.75. The topological polar surface area (TPSA) is 108 Å². The second kappa shape index (κ2) is 11.7. The third-order valence-corrected chi connectivity index (χ3v) is 5.59. The Balaban J connectivity index is 0.000000913. The van der Waals surface area contributed by atoms with Crippen LogP contribution in [0, 0.1) is 5.92 Å². The van der Waals surface area contributed by atoms with Gasteiger partial charge in [0, 0.05) is 26.1 Å². The number of piperidine rings is 1. The van der Waals surface area contributed by atoms with Crippen LogP contribution in [0.1, 0.15) is 24.2 Å².